The number of rotatable bonds is 5. The van der Waals surface area contributed by atoms with Crippen molar-refractivity contribution in [3.63, 3.8) is 0 Å². The van der Waals surface area contributed by atoms with Crippen LogP contribution in [0.2, 0.25) is 0 Å². The number of methoxy groups -OCH3 is 2. The number of ether oxygens (including phenoxy) is 2. The molecule has 1 saturated heterocycles. The van der Waals surface area contributed by atoms with Crippen LogP contribution in [0.1, 0.15) is 38.8 Å². The predicted molar refractivity (Wildman–Crippen MR) is 110 cm³/mol. The van der Waals surface area contributed by atoms with Crippen LogP contribution in [0.25, 0.3) is 11.5 Å². The molecule has 0 atom stereocenters. The van der Waals surface area contributed by atoms with Crippen LogP contribution in [0.5, 0.6) is 11.5 Å². The summed E-state index contributed by atoms with van der Waals surface area (Å²) in [4.78, 5) is 0. The molecule has 0 N–H and O–H groups in total. The fourth-order valence-electron chi connectivity index (χ4n) is 2.92. The van der Waals surface area contributed by atoms with Gasteiger partial charge in [0.1, 0.15) is 11.5 Å². The van der Waals surface area contributed by atoms with Gasteiger partial charge in [0.15, 0.2) is 0 Å². The van der Waals surface area contributed by atoms with Crippen molar-refractivity contribution >= 4 is 18.7 Å². The first kappa shape index (κ1) is 19.5. The maximum Gasteiger partial charge on any atom is 0.495 e. The van der Waals surface area contributed by atoms with E-state index in [-0.39, 0.29) is 0 Å². The van der Waals surface area contributed by atoms with Gasteiger partial charge in [-0.1, -0.05) is 30.3 Å². The molecule has 0 bridgehead atoms. The van der Waals surface area contributed by atoms with Crippen LogP contribution >= 0.6 is 0 Å². The fraction of sp³-hybridized carbons (Fsp3) is 0.364. The third-order valence-corrected chi connectivity index (χ3v) is 5.37. The minimum Gasteiger partial charge on any atom is -0.497 e. The van der Waals surface area contributed by atoms with Gasteiger partial charge in [0.2, 0.25) is 0 Å². The standard InChI is InChI=1S/C22H27BO4/c1-21(2)22(3,4)27-23(26-21)20(17-9-13-19(25-6)14-10-17)15-16-7-11-18(24-5)12-8-16/h7-15H,1-6H3/b20-15+. The quantitative estimate of drug-likeness (QED) is 0.559. The molecule has 0 aliphatic carbocycles. The predicted octanol–water partition coefficient (Wildman–Crippen LogP) is 4.88. The molecule has 1 aliphatic heterocycles. The average molecular weight is 366 g/mol. The zero-order valence-corrected chi connectivity index (χ0v) is 16.9. The number of hydrogen-bond donors (Lipinski definition) is 0. The third-order valence-electron chi connectivity index (χ3n) is 5.37. The van der Waals surface area contributed by atoms with Crippen LogP contribution < -0.4 is 9.47 Å². The maximum atomic E-state index is 6.31. The van der Waals surface area contributed by atoms with Crippen LogP contribution in [0, 0.1) is 0 Å². The van der Waals surface area contributed by atoms with E-state index in [1.807, 2.05) is 48.5 Å². The lowest BCUT2D eigenvalue weighted by atomic mass is 9.73. The molecular formula is C22H27BO4. The Morgan fingerprint density at radius 3 is 1.67 bits per heavy atom. The third kappa shape index (κ3) is 4.04. The second-order valence-corrected chi connectivity index (χ2v) is 7.69. The number of hydrogen-bond acceptors (Lipinski definition) is 4. The summed E-state index contributed by atoms with van der Waals surface area (Å²) in [7, 11) is 2.88. The van der Waals surface area contributed by atoms with E-state index in [1.165, 1.54) is 0 Å². The van der Waals surface area contributed by atoms with Gasteiger partial charge < -0.3 is 18.8 Å². The van der Waals surface area contributed by atoms with Crippen molar-refractivity contribution in [2.75, 3.05) is 14.2 Å². The van der Waals surface area contributed by atoms with Crippen LogP contribution in [0.15, 0.2) is 48.5 Å². The van der Waals surface area contributed by atoms with Gasteiger partial charge in [0.05, 0.1) is 25.4 Å². The van der Waals surface area contributed by atoms with E-state index in [9.17, 15) is 0 Å². The summed E-state index contributed by atoms with van der Waals surface area (Å²) in [5.74, 6) is 1.64. The Morgan fingerprint density at radius 2 is 1.22 bits per heavy atom. The van der Waals surface area contributed by atoms with E-state index < -0.39 is 18.3 Å². The van der Waals surface area contributed by atoms with Crippen molar-refractivity contribution < 1.29 is 18.8 Å². The second-order valence-electron chi connectivity index (χ2n) is 7.69. The van der Waals surface area contributed by atoms with E-state index in [4.69, 9.17) is 18.8 Å². The highest BCUT2D eigenvalue weighted by molar-refractivity contribution is 6.70. The zero-order valence-electron chi connectivity index (χ0n) is 16.9. The molecule has 0 saturated carbocycles. The van der Waals surface area contributed by atoms with Gasteiger partial charge >= 0.3 is 7.12 Å². The van der Waals surface area contributed by atoms with Crippen LogP contribution in [0.3, 0.4) is 0 Å². The highest BCUT2D eigenvalue weighted by Gasteiger charge is 2.52. The summed E-state index contributed by atoms with van der Waals surface area (Å²) in [6, 6.07) is 15.9. The summed E-state index contributed by atoms with van der Waals surface area (Å²) >= 11 is 0. The monoisotopic (exact) mass is 366 g/mol. The van der Waals surface area contributed by atoms with Crippen molar-refractivity contribution in [1.29, 1.82) is 0 Å². The molecule has 0 aromatic heterocycles. The van der Waals surface area contributed by atoms with Crippen LogP contribution in [-0.4, -0.2) is 32.5 Å². The SMILES string of the molecule is COc1ccc(/C=C(/B2OC(C)(C)C(C)(C)O2)c2ccc(OC)cc2)cc1. The highest BCUT2D eigenvalue weighted by Crippen LogP contribution is 2.41. The molecule has 2 aromatic rings. The van der Waals surface area contributed by atoms with Gasteiger partial charge in [0.25, 0.3) is 0 Å². The molecule has 5 heteroatoms. The van der Waals surface area contributed by atoms with Crippen molar-refractivity contribution in [3.05, 3.63) is 59.7 Å². The summed E-state index contributed by atoms with van der Waals surface area (Å²) < 4.78 is 23.2. The van der Waals surface area contributed by atoms with Crippen molar-refractivity contribution in [2.45, 2.75) is 38.9 Å². The van der Waals surface area contributed by atoms with E-state index in [0.29, 0.717) is 0 Å². The molecule has 142 valence electrons. The molecule has 1 heterocycles. The summed E-state index contributed by atoms with van der Waals surface area (Å²) in [5.41, 5.74) is 2.26. The molecule has 0 amide bonds. The second kappa shape index (κ2) is 7.41. The van der Waals surface area contributed by atoms with E-state index in [1.54, 1.807) is 14.2 Å². The minimum absolute atomic E-state index is 0.400. The Morgan fingerprint density at radius 1 is 0.778 bits per heavy atom. The molecule has 3 rings (SSSR count). The normalized spacial score (nSPS) is 18.4. The van der Waals surface area contributed by atoms with E-state index in [0.717, 1.165) is 28.1 Å². The van der Waals surface area contributed by atoms with Gasteiger partial charge in [-0.25, -0.2) is 0 Å². The van der Waals surface area contributed by atoms with E-state index >= 15 is 0 Å². The fourth-order valence-corrected chi connectivity index (χ4v) is 2.92. The van der Waals surface area contributed by atoms with Gasteiger partial charge in [-0.05, 0) is 68.6 Å². The Labute approximate surface area is 162 Å². The van der Waals surface area contributed by atoms with Gasteiger partial charge in [-0.3, -0.25) is 0 Å². The van der Waals surface area contributed by atoms with E-state index in [2.05, 4.69) is 33.8 Å². The summed E-state index contributed by atoms with van der Waals surface area (Å²) in [5, 5.41) is 0. The molecular weight excluding hydrogens is 339 g/mol. The molecule has 0 unspecified atom stereocenters. The molecule has 0 radical (unpaired) electrons. The zero-order chi connectivity index (χ0) is 19.7. The largest absolute Gasteiger partial charge is 0.497 e. The smallest absolute Gasteiger partial charge is 0.495 e. The molecule has 27 heavy (non-hydrogen) atoms. The van der Waals surface area contributed by atoms with Gasteiger partial charge in [-0.2, -0.15) is 0 Å². The first-order valence-electron chi connectivity index (χ1n) is 9.11. The molecule has 2 aromatic carbocycles. The first-order chi connectivity index (χ1) is 12.8. The maximum absolute atomic E-state index is 6.31. The lowest BCUT2D eigenvalue weighted by Crippen LogP contribution is -2.41. The Kier molecular flexibility index (Phi) is 5.36. The van der Waals surface area contributed by atoms with Crippen molar-refractivity contribution in [1.82, 2.24) is 0 Å². The van der Waals surface area contributed by atoms with Crippen LogP contribution in [-0.2, 0) is 9.31 Å². The highest BCUT2D eigenvalue weighted by atomic mass is 16.7. The van der Waals surface area contributed by atoms with Crippen LogP contribution in [0.4, 0.5) is 0 Å². The first-order valence-corrected chi connectivity index (χ1v) is 9.11. The summed E-state index contributed by atoms with van der Waals surface area (Å²) in [6.45, 7) is 8.25. The molecule has 0 spiro atoms. The molecule has 1 aliphatic rings. The minimum atomic E-state index is -0.453. The van der Waals surface area contributed by atoms with Crippen molar-refractivity contribution in [3.8, 4) is 11.5 Å². The van der Waals surface area contributed by atoms with Gasteiger partial charge in [0, 0.05) is 0 Å². The van der Waals surface area contributed by atoms with Gasteiger partial charge in [-0.15, -0.1) is 0 Å². The number of benzene rings is 2. The molecule has 1 fully saturated rings. The van der Waals surface area contributed by atoms with Crippen molar-refractivity contribution in [2.24, 2.45) is 0 Å². The Balaban J connectivity index is 2.01. The lowest BCUT2D eigenvalue weighted by Gasteiger charge is -2.32. The summed E-state index contributed by atoms with van der Waals surface area (Å²) in [6.07, 6.45) is 2.10. The molecule has 4 nitrogen and oxygen atoms in total. The Bertz CT molecular complexity index is 791. The Hall–Kier alpha value is -2.24. The average Bonchev–Trinajstić information content (AvgIpc) is 2.87. The topological polar surface area (TPSA) is 36.9 Å². The lowest BCUT2D eigenvalue weighted by molar-refractivity contribution is 0.00578.